The van der Waals surface area contributed by atoms with Gasteiger partial charge >= 0.3 is 17.9 Å². The molecule has 2 unspecified atom stereocenters. The van der Waals surface area contributed by atoms with E-state index in [1.54, 1.807) is 24.3 Å². The fourth-order valence-electron chi connectivity index (χ4n) is 4.78. The van der Waals surface area contributed by atoms with Crippen molar-refractivity contribution in [2.24, 2.45) is 0 Å². The van der Waals surface area contributed by atoms with Crippen LogP contribution in [-0.4, -0.2) is 78.9 Å². The minimum absolute atomic E-state index is 0.0853. The molecular weight excluding hydrogens is 576 g/mol. The standard InChI is InChI=1S/C32H34O12/c1-36-22-10-7-18(13-25(22)39-4)30(33)42-21-16-28(43-31(34)19-8-11-23(37-2)26(14-19)40-5)29(17-21)44-32(35)20-9-12-24(38-3)27(15-20)41-6/h7-15,21,28-29H,16-17H2,1-6H3. The first-order valence-electron chi connectivity index (χ1n) is 13.5. The van der Waals surface area contributed by atoms with Crippen LogP contribution in [0.25, 0.3) is 0 Å². The van der Waals surface area contributed by atoms with Crippen LogP contribution in [0.2, 0.25) is 0 Å². The maximum Gasteiger partial charge on any atom is 0.338 e. The maximum absolute atomic E-state index is 13.2. The van der Waals surface area contributed by atoms with E-state index >= 15 is 0 Å². The Hall–Kier alpha value is -5.13. The Balaban J connectivity index is 1.55. The lowest BCUT2D eigenvalue weighted by atomic mass is 10.2. The second kappa shape index (κ2) is 14.4. The third-order valence-corrected chi connectivity index (χ3v) is 7.05. The van der Waals surface area contributed by atoms with Gasteiger partial charge in [-0.3, -0.25) is 0 Å². The number of methoxy groups -OCH3 is 6. The van der Waals surface area contributed by atoms with Gasteiger partial charge in [0.25, 0.3) is 0 Å². The van der Waals surface area contributed by atoms with E-state index in [0.29, 0.717) is 34.5 Å². The van der Waals surface area contributed by atoms with Gasteiger partial charge in [-0.05, 0) is 54.6 Å². The van der Waals surface area contributed by atoms with Crippen molar-refractivity contribution in [2.45, 2.75) is 31.2 Å². The van der Waals surface area contributed by atoms with E-state index in [1.807, 2.05) is 0 Å². The molecule has 4 rings (SSSR count). The molecule has 0 amide bonds. The molecule has 3 aromatic carbocycles. The van der Waals surface area contributed by atoms with Gasteiger partial charge in [-0.2, -0.15) is 0 Å². The van der Waals surface area contributed by atoms with E-state index in [-0.39, 0.29) is 29.5 Å². The van der Waals surface area contributed by atoms with Gasteiger partial charge in [-0.25, -0.2) is 14.4 Å². The Morgan fingerprint density at radius 3 is 1.05 bits per heavy atom. The van der Waals surface area contributed by atoms with Crippen LogP contribution in [0.1, 0.15) is 43.9 Å². The Morgan fingerprint density at radius 1 is 0.455 bits per heavy atom. The van der Waals surface area contributed by atoms with Crippen LogP contribution in [0.15, 0.2) is 54.6 Å². The predicted molar refractivity (Wildman–Crippen MR) is 155 cm³/mol. The van der Waals surface area contributed by atoms with Gasteiger partial charge in [0, 0.05) is 12.8 Å². The quantitative estimate of drug-likeness (QED) is 0.211. The summed E-state index contributed by atoms with van der Waals surface area (Å²) in [6, 6.07) is 13.8. The Morgan fingerprint density at radius 2 is 0.750 bits per heavy atom. The summed E-state index contributed by atoms with van der Waals surface area (Å²) in [5.41, 5.74) is 0.615. The van der Waals surface area contributed by atoms with Gasteiger partial charge < -0.3 is 42.6 Å². The molecule has 3 aromatic rings. The minimum Gasteiger partial charge on any atom is -0.493 e. The van der Waals surface area contributed by atoms with Crippen molar-refractivity contribution >= 4 is 17.9 Å². The number of rotatable bonds is 12. The van der Waals surface area contributed by atoms with Crippen LogP contribution >= 0.6 is 0 Å². The first kappa shape index (κ1) is 31.8. The van der Waals surface area contributed by atoms with Gasteiger partial charge in [0.1, 0.15) is 18.3 Å². The lowest BCUT2D eigenvalue weighted by Crippen LogP contribution is -2.30. The van der Waals surface area contributed by atoms with E-state index in [4.69, 9.17) is 42.6 Å². The summed E-state index contributed by atoms with van der Waals surface area (Å²) in [4.78, 5) is 39.4. The molecule has 0 bridgehead atoms. The number of hydrogen-bond donors (Lipinski definition) is 0. The first-order chi connectivity index (χ1) is 21.2. The van der Waals surface area contributed by atoms with Crippen LogP contribution in [0.3, 0.4) is 0 Å². The van der Waals surface area contributed by atoms with Crippen molar-refractivity contribution in [3.63, 3.8) is 0 Å². The molecule has 1 saturated carbocycles. The molecular formula is C32H34O12. The van der Waals surface area contributed by atoms with E-state index in [1.165, 1.54) is 73.0 Å². The lowest BCUT2D eigenvalue weighted by Gasteiger charge is -2.20. The van der Waals surface area contributed by atoms with E-state index < -0.39 is 36.2 Å². The summed E-state index contributed by atoms with van der Waals surface area (Å²) in [5.74, 6) is 0.365. The summed E-state index contributed by atoms with van der Waals surface area (Å²) in [7, 11) is 8.81. The third-order valence-electron chi connectivity index (χ3n) is 7.05. The minimum atomic E-state index is -0.928. The van der Waals surface area contributed by atoms with Crippen LogP contribution in [0.5, 0.6) is 34.5 Å². The molecule has 44 heavy (non-hydrogen) atoms. The number of esters is 3. The van der Waals surface area contributed by atoms with Gasteiger partial charge in [-0.15, -0.1) is 0 Å². The molecule has 234 valence electrons. The maximum atomic E-state index is 13.2. The van der Waals surface area contributed by atoms with E-state index in [9.17, 15) is 14.4 Å². The number of ether oxygens (including phenoxy) is 9. The van der Waals surface area contributed by atoms with Crippen molar-refractivity contribution in [3.8, 4) is 34.5 Å². The van der Waals surface area contributed by atoms with Crippen molar-refractivity contribution in [2.75, 3.05) is 42.7 Å². The number of carbonyl (C=O) groups is 3. The molecule has 0 heterocycles. The van der Waals surface area contributed by atoms with Crippen molar-refractivity contribution < 1.29 is 57.0 Å². The molecule has 0 aromatic heterocycles. The fraction of sp³-hybridized carbons (Fsp3) is 0.344. The lowest BCUT2D eigenvalue weighted by molar-refractivity contribution is -0.0239. The summed E-state index contributed by atoms with van der Waals surface area (Å²) in [5, 5.41) is 0. The predicted octanol–water partition coefficient (Wildman–Crippen LogP) is 4.51. The smallest absolute Gasteiger partial charge is 0.338 e. The van der Waals surface area contributed by atoms with Gasteiger partial charge in [0.2, 0.25) is 0 Å². The van der Waals surface area contributed by atoms with Crippen molar-refractivity contribution in [1.29, 1.82) is 0 Å². The zero-order chi connectivity index (χ0) is 31.8. The van der Waals surface area contributed by atoms with Gasteiger partial charge in [0.15, 0.2) is 34.5 Å². The molecule has 0 aliphatic heterocycles. The molecule has 0 N–H and O–H groups in total. The molecule has 12 nitrogen and oxygen atoms in total. The first-order valence-corrected chi connectivity index (χ1v) is 13.5. The molecule has 0 spiro atoms. The number of carbonyl (C=O) groups excluding carboxylic acids is 3. The average Bonchev–Trinajstić information content (AvgIpc) is 3.42. The van der Waals surface area contributed by atoms with E-state index in [2.05, 4.69) is 0 Å². The molecule has 1 aliphatic carbocycles. The second-order valence-corrected chi connectivity index (χ2v) is 9.60. The Bertz CT molecular complexity index is 1420. The largest absolute Gasteiger partial charge is 0.493 e. The van der Waals surface area contributed by atoms with E-state index in [0.717, 1.165) is 0 Å². The molecule has 2 atom stereocenters. The third kappa shape index (κ3) is 7.08. The molecule has 12 heteroatoms. The average molecular weight is 611 g/mol. The summed E-state index contributed by atoms with van der Waals surface area (Å²) in [6.45, 7) is 0. The zero-order valence-corrected chi connectivity index (χ0v) is 25.2. The fourth-order valence-corrected chi connectivity index (χ4v) is 4.78. The molecule has 0 saturated heterocycles. The zero-order valence-electron chi connectivity index (χ0n) is 25.2. The summed E-state index contributed by atoms with van der Waals surface area (Å²) >= 11 is 0. The Kier molecular flexibility index (Phi) is 10.4. The normalized spacial score (nSPS) is 17.2. The van der Waals surface area contributed by atoms with Crippen molar-refractivity contribution in [1.82, 2.24) is 0 Å². The highest BCUT2D eigenvalue weighted by atomic mass is 16.6. The van der Waals surface area contributed by atoms with Gasteiger partial charge in [-0.1, -0.05) is 0 Å². The topological polar surface area (TPSA) is 134 Å². The molecule has 1 fully saturated rings. The Labute approximate surface area is 254 Å². The monoisotopic (exact) mass is 610 g/mol. The van der Waals surface area contributed by atoms with Crippen LogP contribution < -0.4 is 28.4 Å². The van der Waals surface area contributed by atoms with Crippen LogP contribution in [0, 0.1) is 0 Å². The highest BCUT2D eigenvalue weighted by Gasteiger charge is 2.42. The van der Waals surface area contributed by atoms with Crippen LogP contribution in [-0.2, 0) is 14.2 Å². The molecule has 0 radical (unpaired) electrons. The SMILES string of the molecule is COc1ccc(C(=O)OC2CC(OC(=O)c3ccc(OC)c(OC)c3)C(OC(=O)c3ccc(OC)c(OC)c3)C2)cc1OC. The summed E-state index contributed by atoms with van der Waals surface area (Å²) in [6.07, 6.45) is -2.42. The number of hydrogen-bond acceptors (Lipinski definition) is 12. The second-order valence-electron chi connectivity index (χ2n) is 9.60. The van der Waals surface area contributed by atoms with Gasteiger partial charge in [0.05, 0.1) is 59.3 Å². The highest BCUT2D eigenvalue weighted by Crippen LogP contribution is 2.34. The molecule has 1 aliphatic rings. The number of benzene rings is 3. The van der Waals surface area contributed by atoms with Crippen LogP contribution in [0.4, 0.5) is 0 Å². The van der Waals surface area contributed by atoms with Crippen molar-refractivity contribution in [3.05, 3.63) is 71.3 Å². The highest BCUT2D eigenvalue weighted by molar-refractivity contribution is 5.92. The summed E-state index contributed by atoms with van der Waals surface area (Å²) < 4.78 is 48.9.